The van der Waals surface area contributed by atoms with E-state index in [1.807, 2.05) is 0 Å². The summed E-state index contributed by atoms with van der Waals surface area (Å²) in [7, 11) is 8.40. The lowest BCUT2D eigenvalue weighted by molar-refractivity contribution is -0.902. The Kier molecular flexibility index (Phi) is 5.55. The molecule has 0 radical (unpaired) electrons. The predicted molar refractivity (Wildman–Crippen MR) is 90.5 cm³/mol. The van der Waals surface area contributed by atoms with Crippen LogP contribution in [0.2, 0.25) is 0 Å². The Bertz CT molecular complexity index is 548. The number of likely N-dealkylation sites (tertiary alicyclic amines) is 1. The molecule has 0 aromatic heterocycles. The molecule has 1 fully saturated rings. The SMILES string of the molecule is CN(C)Cc1ccc(C[N+](C)(C)CCN2C(=O)CCC2=O)cc1. The number of hydrogen-bond donors (Lipinski definition) is 0. The Hall–Kier alpha value is -1.72. The molecule has 0 aliphatic carbocycles. The first-order valence-electron chi connectivity index (χ1n) is 8.14. The highest BCUT2D eigenvalue weighted by Crippen LogP contribution is 2.15. The fourth-order valence-electron chi connectivity index (χ4n) is 2.93. The van der Waals surface area contributed by atoms with Crippen molar-refractivity contribution < 1.29 is 14.1 Å². The van der Waals surface area contributed by atoms with E-state index in [1.54, 1.807) is 0 Å². The number of likely N-dealkylation sites (N-methyl/N-ethyl adjacent to an activating group) is 1. The average molecular weight is 318 g/mol. The van der Waals surface area contributed by atoms with Crippen molar-refractivity contribution in [3.8, 4) is 0 Å². The Labute approximate surface area is 139 Å². The van der Waals surface area contributed by atoms with Crippen molar-refractivity contribution in [2.75, 3.05) is 41.3 Å². The minimum atomic E-state index is -0.0250. The van der Waals surface area contributed by atoms with Crippen molar-refractivity contribution >= 4 is 11.8 Å². The zero-order valence-electron chi connectivity index (χ0n) is 14.7. The van der Waals surface area contributed by atoms with Crippen LogP contribution in [0.25, 0.3) is 0 Å². The summed E-state index contributed by atoms with van der Waals surface area (Å²) in [5.41, 5.74) is 2.58. The molecule has 1 aromatic rings. The van der Waals surface area contributed by atoms with Gasteiger partial charge in [-0.1, -0.05) is 24.3 Å². The molecule has 23 heavy (non-hydrogen) atoms. The third-order valence-electron chi connectivity index (χ3n) is 4.22. The van der Waals surface area contributed by atoms with Gasteiger partial charge in [-0.3, -0.25) is 14.5 Å². The molecule has 5 nitrogen and oxygen atoms in total. The number of carbonyl (C=O) groups excluding carboxylic acids is 2. The van der Waals surface area contributed by atoms with E-state index in [0.717, 1.165) is 24.1 Å². The van der Waals surface area contributed by atoms with E-state index in [1.165, 1.54) is 16.0 Å². The van der Waals surface area contributed by atoms with E-state index in [-0.39, 0.29) is 11.8 Å². The van der Waals surface area contributed by atoms with E-state index < -0.39 is 0 Å². The third kappa shape index (κ3) is 5.15. The van der Waals surface area contributed by atoms with Crippen molar-refractivity contribution in [1.82, 2.24) is 9.80 Å². The number of carbonyl (C=O) groups is 2. The molecule has 2 rings (SSSR count). The highest BCUT2D eigenvalue weighted by molar-refractivity contribution is 6.01. The van der Waals surface area contributed by atoms with Gasteiger partial charge in [0.15, 0.2) is 0 Å². The van der Waals surface area contributed by atoms with Gasteiger partial charge in [0.2, 0.25) is 11.8 Å². The highest BCUT2D eigenvalue weighted by Gasteiger charge is 2.30. The van der Waals surface area contributed by atoms with Gasteiger partial charge in [0.05, 0.1) is 27.2 Å². The first-order chi connectivity index (χ1) is 10.8. The summed E-state index contributed by atoms with van der Waals surface area (Å²) < 4.78 is 0.754. The lowest BCUT2D eigenvalue weighted by Gasteiger charge is -2.31. The van der Waals surface area contributed by atoms with Crippen molar-refractivity contribution in [3.63, 3.8) is 0 Å². The number of rotatable bonds is 7. The van der Waals surface area contributed by atoms with Gasteiger partial charge in [-0.05, 0) is 19.7 Å². The Balaban J connectivity index is 1.90. The predicted octanol–water partition coefficient (Wildman–Crippen LogP) is 1.47. The Morgan fingerprint density at radius 2 is 1.52 bits per heavy atom. The Morgan fingerprint density at radius 1 is 1.00 bits per heavy atom. The molecule has 0 spiro atoms. The van der Waals surface area contributed by atoms with Gasteiger partial charge in [-0.15, -0.1) is 0 Å². The lowest BCUT2D eigenvalue weighted by atomic mass is 10.1. The van der Waals surface area contributed by atoms with Crippen LogP contribution in [-0.4, -0.2) is 67.4 Å². The van der Waals surface area contributed by atoms with Crippen LogP contribution in [0.4, 0.5) is 0 Å². The minimum Gasteiger partial charge on any atom is -0.323 e. The van der Waals surface area contributed by atoms with E-state index in [2.05, 4.69) is 57.4 Å². The number of nitrogens with zero attached hydrogens (tertiary/aromatic N) is 3. The van der Waals surface area contributed by atoms with Crippen LogP contribution in [0.5, 0.6) is 0 Å². The molecule has 1 aliphatic heterocycles. The number of imide groups is 1. The van der Waals surface area contributed by atoms with E-state index >= 15 is 0 Å². The van der Waals surface area contributed by atoms with Crippen molar-refractivity contribution in [1.29, 1.82) is 0 Å². The highest BCUT2D eigenvalue weighted by atomic mass is 16.2. The smallest absolute Gasteiger partial charge is 0.229 e. The van der Waals surface area contributed by atoms with E-state index in [4.69, 9.17) is 0 Å². The number of amides is 2. The molecule has 1 heterocycles. The monoisotopic (exact) mass is 318 g/mol. The summed E-state index contributed by atoms with van der Waals surface area (Å²) in [5, 5.41) is 0. The molecule has 1 saturated heterocycles. The third-order valence-corrected chi connectivity index (χ3v) is 4.22. The molecule has 0 saturated carbocycles. The van der Waals surface area contributed by atoms with Crippen LogP contribution in [0.3, 0.4) is 0 Å². The Morgan fingerprint density at radius 3 is 2.04 bits per heavy atom. The number of quaternary nitrogens is 1. The second kappa shape index (κ2) is 7.23. The van der Waals surface area contributed by atoms with Crippen molar-refractivity contribution in [2.24, 2.45) is 0 Å². The van der Waals surface area contributed by atoms with Crippen LogP contribution >= 0.6 is 0 Å². The van der Waals surface area contributed by atoms with Crippen LogP contribution < -0.4 is 0 Å². The molecular weight excluding hydrogens is 290 g/mol. The summed E-state index contributed by atoms with van der Waals surface area (Å²) in [6, 6.07) is 8.68. The minimum absolute atomic E-state index is 0.0250. The van der Waals surface area contributed by atoms with Gasteiger partial charge >= 0.3 is 0 Å². The second-order valence-corrected chi connectivity index (χ2v) is 7.31. The quantitative estimate of drug-likeness (QED) is 0.565. The zero-order chi connectivity index (χ0) is 17.0. The maximum atomic E-state index is 11.7. The normalized spacial score (nSPS) is 15.8. The topological polar surface area (TPSA) is 40.6 Å². The van der Waals surface area contributed by atoms with E-state index in [0.29, 0.717) is 19.4 Å². The molecule has 0 unspecified atom stereocenters. The summed E-state index contributed by atoms with van der Waals surface area (Å²) in [6.45, 7) is 3.12. The van der Waals surface area contributed by atoms with Gasteiger partial charge < -0.3 is 9.38 Å². The summed E-state index contributed by atoms with van der Waals surface area (Å²) >= 11 is 0. The van der Waals surface area contributed by atoms with Crippen molar-refractivity contribution in [3.05, 3.63) is 35.4 Å². The fraction of sp³-hybridized carbons (Fsp3) is 0.556. The van der Waals surface area contributed by atoms with Gasteiger partial charge in [0, 0.05) is 24.9 Å². The van der Waals surface area contributed by atoms with Gasteiger partial charge in [-0.2, -0.15) is 0 Å². The van der Waals surface area contributed by atoms with Crippen LogP contribution in [0.1, 0.15) is 24.0 Å². The lowest BCUT2D eigenvalue weighted by Crippen LogP contribution is -2.46. The summed E-state index contributed by atoms with van der Waals surface area (Å²) in [4.78, 5) is 26.9. The van der Waals surface area contributed by atoms with Gasteiger partial charge in [-0.25, -0.2) is 0 Å². The standard InChI is InChI=1S/C18H28N3O2/c1-19(2)13-15-5-7-16(8-6-15)14-21(3,4)12-11-20-17(22)9-10-18(20)23/h5-8H,9-14H2,1-4H3/q+1. The van der Waals surface area contributed by atoms with Crippen molar-refractivity contribution in [2.45, 2.75) is 25.9 Å². The first kappa shape index (κ1) is 17.6. The molecule has 0 atom stereocenters. The number of hydrogen-bond acceptors (Lipinski definition) is 3. The largest absolute Gasteiger partial charge is 0.323 e. The molecule has 1 aliphatic rings. The number of benzene rings is 1. The molecule has 1 aromatic carbocycles. The average Bonchev–Trinajstić information content (AvgIpc) is 2.77. The van der Waals surface area contributed by atoms with Gasteiger partial charge in [0.25, 0.3) is 0 Å². The summed E-state index contributed by atoms with van der Waals surface area (Å²) in [6.07, 6.45) is 0.749. The first-order valence-corrected chi connectivity index (χ1v) is 8.14. The van der Waals surface area contributed by atoms with E-state index in [9.17, 15) is 9.59 Å². The molecule has 0 N–H and O–H groups in total. The molecular formula is C18H28N3O2+. The summed E-state index contributed by atoms with van der Waals surface area (Å²) in [5.74, 6) is -0.0499. The maximum Gasteiger partial charge on any atom is 0.229 e. The molecule has 0 bridgehead atoms. The maximum absolute atomic E-state index is 11.7. The van der Waals surface area contributed by atoms with Crippen LogP contribution in [-0.2, 0) is 22.7 Å². The second-order valence-electron chi connectivity index (χ2n) is 7.31. The van der Waals surface area contributed by atoms with Crippen LogP contribution in [0.15, 0.2) is 24.3 Å². The van der Waals surface area contributed by atoms with Crippen LogP contribution in [0, 0.1) is 0 Å². The molecule has 126 valence electrons. The zero-order valence-corrected chi connectivity index (χ0v) is 14.7. The molecule has 5 heteroatoms. The fourth-order valence-corrected chi connectivity index (χ4v) is 2.93. The molecule has 2 amide bonds. The van der Waals surface area contributed by atoms with Gasteiger partial charge in [0.1, 0.15) is 6.54 Å².